The molecule has 18 heavy (non-hydrogen) atoms. The van der Waals surface area contributed by atoms with Crippen molar-refractivity contribution in [3.8, 4) is 0 Å². The van der Waals surface area contributed by atoms with Crippen LogP contribution in [0.25, 0.3) is 0 Å². The molecule has 0 spiro atoms. The van der Waals surface area contributed by atoms with Gasteiger partial charge in [0.25, 0.3) is 0 Å². The number of hydrogen-bond acceptors (Lipinski definition) is 0. The molecular formula is C16H27Br2. The molecule has 2 fully saturated rings. The third-order valence-electron chi connectivity index (χ3n) is 5.09. The Kier molecular flexibility index (Phi) is 5.64. The molecule has 0 aromatic heterocycles. The summed E-state index contributed by atoms with van der Waals surface area (Å²) in [6.07, 6.45) is 16.5. The monoisotopic (exact) mass is 377 g/mol. The quantitative estimate of drug-likeness (QED) is 0.369. The molecule has 2 saturated carbocycles. The number of halogens is 2. The maximum atomic E-state index is 4.42. The first kappa shape index (κ1) is 15.4. The van der Waals surface area contributed by atoms with Crippen molar-refractivity contribution in [2.45, 2.75) is 85.7 Å². The van der Waals surface area contributed by atoms with Gasteiger partial charge >= 0.3 is 0 Å². The minimum atomic E-state index is 0.381. The standard InChI is InChI=1S/C16H27Br2/c1-14(16(18)12-6-7-13-16)8-2-3-9-15(17)10-4-5-11-15/h14H,1-13H2. The number of alkyl halides is 2. The summed E-state index contributed by atoms with van der Waals surface area (Å²) in [4.78, 5) is 0. The van der Waals surface area contributed by atoms with E-state index in [1.54, 1.807) is 0 Å². The Balaban J connectivity index is 1.63. The molecule has 0 heterocycles. The second-order valence-corrected chi connectivity index (χ2v) is 9.80. The summed E-state index contributed by atoms with van der Waals surface area (Å²) >= 11 is 7.93. The van der Waals surface area contributed by atoms with Gasteiger partial charge in [-0.3, -0.25) is 0 Å². The largest absolute Gasteiger partial charge is 0.0853 e. The molecule has 1 unspecified atom stereocenters. The smallest absolute Gasteiger partial charge is 0.0286 e. The van der Waals surface area contributed by atoms with Crippen LogP contribution in [0.15, 0.2) is 0 Å². The van der Waals surface area contributed by atoms with Gasteiger partial charge in [0, 0.05) is 8.65 Å². The van der Waals surface area contributed by atoms with Crippen molar-refractivity contribution in [2.75, 3.05) is 0 Å². The topological polar surface area (TPSA) is 0 Å². The summed E-state index contributed by atoms with van der Waals surface area (Å²) in [5, 5.41) is 0. The van der Waals surface area contributed by atoms with Crippen LogP contribution in [0.3, 0.4) is 0 Å². The molecule has 0 aromatic carbocycles. The fourth-order valence-electron chi connectivity index (χ4n) is 3.72. The van der Waals surface area contributed by atoms with Crippen molar-refractivity contribution in [3.05, 3.63) is 6.92 Å². The van der Waals surface area contributed by atoms with Gasteiger partial charge in [-0.15, -0.1) is 0 Å². The highest BCUT2D eigenvalue weighted by Gasteiger charge is 2.36. The van der Waals surface area contributed by atoms with Gasteiger partial charge < -0.3 is 0 Å². The van der Waals surface area contributed by atoms with Crippen molar-refractivity contribution in [3.63, 3.8) is 0 Å². The Morgan fingerprint density at radius 1 is 0.889 bits per heavy atom. The van der Waals surface area contributed by atoms with Gasteiger partial charge in [-0.05, 0) is 51.4 Å². The molecule has 2 rings (SSSR count). The van der Waals surface area contributed by atoms with Gasteiger partial charge in [-0.25, -0.2) is 0 Å². The Morgan fingerprint density at radius 2 is 1.44 bits per heavy atom. The first-order valence-electron chi connectivity index (χ1n) is 7.75. The molecule has 1 radical (unpaired) electrons. The fourth-order valence-corrected chi connectivity index (χ4v) is 5.35. The van der Waals surface area contributed by atoms with Gasteiger partial charge in [0.05, 0.1) is 0 Å². The lowest BCUT2D eigenvalue weighted by molar-refractivity contribution is 0.406. The fraction of sp³-hybridized carbons (Fsp3) is 0.938. The maximum Gasteiger partial charge on any atom is 0.0286 e. The minimum Gasteiger partial charge on any atom is -0.0853 e. The summed E-state index contributed by atoms with van der Waals surface area (Å²) in [7, 11) is 0. The molecule has 0 N–H and O–H groups in total. The molecule has 0 aliphatic heterocycles. The highest BCUT2D eigenvalue weighted by molar-refractivity contribution is 9.10. The molecule has 0 aromatic rings. The van der Waals surface area contributed by atoms with Crippen molar-refractivity contribution in [2.24, 2.45) is 5.92 Å². The van der Waals surface area contributed by atoms with E-state index < -0.39 is 0 Å². The predicted molar refractivity (Wildman–Crippen MR) is 87.6 cm³/mol. The average Bonchev–Trinajstić information content (AvgIpc) is 2.95. The Labute approximate surface area is 130 Å². The zero-order valence-electron chi connectivity index (χ0n) is 11.5. The van der Waals surface area contributed by atoms with Crippen LogP contribution >= 0.6 is 31.9 Å². The van der Waals surface area contributed by atoms with Crippen LogP contribution in [0.4, 0.5) is 0 Å². The van der Waals surface area contributed by atoms with E-state index in [-0.39, 0.29) is 0 Å². The molecule has 105 valence electrons. The van der Waals surface area contributed by atoms with Gasteiger partial charge in [0.1, 0.15) is 0 Å². The third kappa shape index (κ3) is 3.98. The molecule has 1 atom stereocenters. The van der Waals surface area contributed by atoms with Crippen molar-refractivity contribution in [1.82, 2.24) is 0 Å². The SMILES string of the molecule is [CH2]C(CCCCC1(Br)CCCC1)C1(Br)CCCC1. The highest BCUT2D eigenvalue weighted by Crippen LogP contribution is 2.45. The molecule has 0 nitrogen and oxygen atoms in total. The molecular weight excluding hydrogens is 352 g/mol. The van der Waals surface area contributed by atoms with Crippen LogP contribution in [0.1, 0.15) is 77.0 Å². The Bertz CT molecular complexity index is 250. The van der Waals surface area contributed by atoms with E-state index in [4.69, 9.17) is 0 Å². The molecule has 0 bridgehead atoms. The third-order valence-corrected chi connectivity index (χ3v) is 7.72. The van der Waals surface area contributed by atoms with Crippen molar-refractivity contribution >= 4 is 31.9 Å². The van der Waals surface area contributed by atoms with Gasteiger partial charge in [-0.1, -0.05) is 70.4 Å². The van der Waals surface area contributed by atoms with E-state index in [2.05, 4.69) is 38.8 Å². The zero-order chi connectivity index (χ0) is 13.1. The van der Waals surface area contributed by atoms with E-state index in [0.717, 1.165) is 0 Å². The van der Waals surface area contributed by atoms with Crippen LogP contribution in [-0.4, -0.2) is 8.65 Å². The average molecular weight is 379 g/mol. The summed E-state index contributed by atoms with van der Waals surface area (Å²) < 4.78 is 0.884. The van der Waals surface area contributed by atoms with E-state index in [1.165, 1.54) is 77.0 Å². The number of unbranched alkanes of at least 4 members (excludes halogenated alkanes) is 1. The van der Waals surface area contributed by atoms with Crippen LogP contribution in [-0.2, 0) is 0 Å². The van der Waals surface area contributed by atoms with E-state index in [1.807, 2.05) is 0 Å². The second-order valence-electron chi connectivity index (χ2n) is 6.54. The zero-order valence-corrected chi connectivity index (χ0v) is 14.7. The second kappa shape index (κ2) is 6.61. The number of rotatable bonds is 6. The number of hydrogen-bond donors (Lipinski definition) is 0. The molecule has 0 amide bonds. The Hall–Kier alpha value is 0.960. The molecule has 2 heteroatoms. The minimum absolute atomic E-state index is 0.381. The van der Waals surface area contributed by atoms with Gasteiger partial charge in [0.2, 0.25) is 0 Å². The maximum absolute atomic E-state index is 4.42. The van der Waals surface area contributed by atoms with Gasteiger partial charge in [-0.2, -0.15) is 0 Å². The lowest BCUT2D eigenvalue weighted by Gasteiger charge is -2.29. The summed E-state index contributed by atoms with van der Waals surface area (Å²) in [6.45, 7) is 4.42. The molecule has 0 saturated heterocycles. The predicted octanol–water partition coefficient (Wildman–Crippen LogP) is 6.41. The lowest BCUT2D eigenvalue weighted by atomic mass is 9.87. The van der Waals surface area contributed by atoms with Crippen LogP contribution in [0.2, 0.25) is 0 Å². The first-order chi connectivity index (χ1) is 8.54. The summed E-state index contributed by atoms with van der Waals surface area (Å²) in [5.41, 5.74) is 0. The first-order valence-corrected chi connectivity index (χ1v) is 9.34. The van der Waals surface area contributed by atoms with Crippen LogP contribution in [0.5, 0.6) is 0 Å². The summed E-state index contributed by atoms with van der Waals surface area (Å²) in [5.74, 6) is 0.606. The van der Waals surface area contributed by atoms with Crippen LogP contribution in [0, 0.1) is 12.8 Å². The van der Waals surface area contributed by atoms with Crippen LogP contribution < -0.4 is 0 Å². The molecule has 2 aliphatic rings. The van der Waals surface area contributed by atoms with E-state index in [9.17, 15) is 0 Å². The lowest BCUT2D eigenvalue weighted by Crippen LogP contribution is -2.26. The Morgan fingerprint density at radius 3 is 2.06 bits per heavy atom. The van der Waals surface area contributed by atoms with E-state index in [0.29, 0.717) is 14.6 Å². The van der Waals surface area contributed by atoms with Crippen molar-refractivity contribution in [1.29, 1.82) is 0 Å². The normalized spacial score (nSPS) is 27.5. The summed E-state index contributed by atoms with van der Waals surface area (Å²) in [6, 6.07) is 0. The van der Waals surface area contributed by atoms with Crippen molar-refractivity contribution < 1.29 is 0 Å². The molecule has 2 aliphatic carbocycles. The van der Waals surface area contributed by atoms with E-state index >= 15 is 0 Å². The highest BCUT2D eigenvalue weighted by atomic mass is 79.9. The van der Waals surface area contributed by atoms with Gasteiger partial charge in [0.15, 0.2) is 0 Å².